The molecule has 0 aliphatic heterocycles. The number of rotatable bonds is 7. The van der Waals surface area contributed by atoms with E-state index in [1.807, 2.05) is 48.5 Å². The van der Waals surface area contributed by atoms with Gasteiger partial charge in [-0.25, -0.2) is 0 Å². The number of pyridine rings is 1. The number of hydrogen-bond donors (Lipinski definition) is 1. The molecule has 3 heteroatoms. The van der Waals surface area contributed by atoms with Gasteiger partial charge in [-0.1, -0.05) is 49.7 Å². The minimum Gasteiger partial charge on any atom is -0.355 e. The van der Waals surface area contributed by atoms with Crippen molar-refractivity contribution in [1.29, 1.82) is 0 Å². The summed E-state index contributed by atoms with van der Waals surface area (Å²) in [7, 11) is 0. The van der Waals surface area contributed by atoms with Gasteiger partial charge >= 0.3 is 0 Å². The van der Waals surface area contributed by atoms with Gasteiger partial charge in [0, 0.05) is 24.9 Å². The largest absolute Gasteiger partial charge is 0.355 e. The minimum absolute atomic E-state index is 0.0556. The van der Waals surface area contributed by atoms with E-state index in [1.54, 1.807) is 6.20 Å². The molecule has 1 amide bonds. The Hall–Kier alpha value is -2.16. The van der Waals surface area contributed by atoms with Gasteiger partial charge in [-0.15, -0.1) is 0 Å². The molecule has 0 radical (unpaired) electrons. The molecule has 0 bridgehead atoms. The average Bonchev–Trinajstić information content (AvgIpc) is 2.54. The van der Waals surface area contributed by atoms with Crippen molar-refractivity contribution in [3.8, 4) is 0 Å². The van der Waals surface area contributed by atoms with E-state index in [9.17, 15) is 4.79 Å². The topological polar surface area (TPSA) is 42.0 Å². The van der Waals surface area contributed by atoms with Gasteiger partial charge in [0.2, 0.25) is 5.91 Å². The van der Waals surface area contributed by atoms with Crippen LogP contribution in [0.25, 0.3) is 0 Å². The normalized spacial score (nSPS) is 11.9. The monoisotopic (exact) mass is 282 g/mol. The summed E-state index contributed by atoms with van der Waals surface area (Å²) in [5.41, 5.74) is 2.10. The van der Waals surface area contributed by atoms with Crippen LogP contribution in [0, 0.1) is 0 Å². The molecule has 1 aromatic heterocycles. The molecule has 0 fully saturated rings. The highest BCUT2D eigenvalue weighted by Crippen LogP contribution is 2.21. The first kappa shape index (κ1) is 15.2. The minimum atomic E-state index is -0.0556. The first-order valence-electron chi connectivity index (χ1n) is 7.54. The van der Waals surface area contributed by atoms with E-state index in [1.165, 1.54) is 0 Å². The van der Waals surface area contributed by atoms with E-state index in [0.29, 0.717) is 6.54 Å². The van der Waals surface area contributed by atoms with Crippen LogP contribution in [0.3, 0.4) is 0 Å². The Morgan fingerprint density at radius 2 is 1.90 bits per heavy atom. The fraction of sp³-hybridized carbons (Fsp3) is 0.333. The third-order valence-electron chi connectivity index (χ3n) is 3.50. The fourth-order valence-corrected chi connectivity index (χ4v) is 2.41. The van der Waals surface area contributed by atoms with Crippen molar-refractivity contribution in [3.63, 3.8) is 0 Å². The molecule has 1 N–H and O–H groups in total. The molecule has 0 spiro atoms. The van der Waals surface area contributed by atoms with Gasteiger partial charge < -0.3 is 5.32 Å². The lowest BCUT2D eigenvalue weighted by Crippen LogP contribution is -2.31. The highest BCUT2D eigenvalue weighted by molar-refractivity contribution is 5.83. The Morgan fingerprint density at radius 1 is 1.14 bits per heavy atom. The molecule has 1 aromatic carbocycles. The third-order valence-corrected chi connectivity index (χ3v) is 3.50. The quantitative estimate of drug-likeness (QED) is 0.846. The van der Waals surface area contributed by atoms with E-state index in [-0.39, 0.29) is 11.8 Å². The second-order valence-electron chi connectivity index (χ2n) is 5.11. The maximum absolute atomic E-state index is 12.4. The lowest BCUT2D eigenvalue weighted by atomic mass is 9.93. The fourth-order valence-electron chi connectivity index (χ4n) is 2.41. The van der Waals surface area contributed by atoms with Gasteiger partial charge in [0.25, 0.3) is 0 Å². The van der Waals surface area contributed by atoms with Crippen LogP contribution in [0.1, 0.15) is 36.9 Å². The molecule has 2 aromatic rings. The summed E-state index contributed by atoms with van der Waals surface area (Å²) in [5, 5.41) is 3.04. The second-order valence-corrected chi connectivity index (χ2v) is 5.11. The summed E-state index contributed by atoms with van der Waals surface area (Å²) < 4.78 is 0. The Morgan fingerprint density at radius 3 is 2.57 bits per heavy atom. The van der Waals surface area contributed by atoms with Gasteiger partial charge in [-0.05, 0) is 24.1 Å². The zero-order valence-electron chi connectivity index (χ0n) is 12.5. The van der Waals surface area contributed by atoms with Gasteiger partial charge in [0.1, 0.15) is 0 Å². The molecule has 0 saturated heterocycles. The van der Waals surface area contributed by atoms with Crippen LogP contribution >= 0.6 is 0 Å². The van der Waals surface area contributed by atoms with Crippen molar-refractivity contribution in [1.82, 2.24) is 10.3 Å². The molecule has 21 heavy (non-hydrogen) atoms. The lowest BCUT2D eigenvalue weighted by Gasteiger charge is -2.16. The SMILES string of the molecule is CCCC(C(=O)NCCc1ccccn1)c1ccccc1. The van der Waals surface area contributed by atoms with Crippen molar-refractivity contribution >= 4 is 5.91 Å². The van der Waals surface area contributed by atoms with Crippen LogP contribution in [0.4, 0.5) is 0 Å². The van der Waals surface area contributed by atoms with Crippen LogP contribution in [-0.4, -0.2) is 17.4 Å². The highest BCUT2D eigenvalue weighted by atomic mass is 16.1. The van der Waals surface area contributed by atoms with Gasteiger partial charge in [0.05, 0.1) is 5.92 Å². The molecule has 0 saturated carbocycles. The van der Waals surface area contributed by atoms with E-state index in [2.05, 4.69) is 17.2 Å². The Balaban J connectivity index is 1.90. The molecule has 0 aliphatic carbocycles. The molecule has 3 nitrogen and oxygen atoms in total. The molecular formula is C18H22N2O. The predicted molar refractivity (Wildman–Crippen MR) is 85.0 cm³/mol. The number of nitrogens with one attached hydrogen (secondary N) is 1. The third kappa shape index (κ3) is 4.71. The summed E-state index contributed by atoms with van der Waals surface area (Å²) in [6, 6.07) is 15.8. The number of amides is 1. The first-order chi connectivity index (χ1) is 10.3. The summed E-state index contributed by atoms with van der Waals surface area (Å²) >= 11 is 0. The Kier molecular flexibility index (Phi) is 5.95. The van der Waals surface area contributed by atoms with Crippen LogP contribution in [-0.2, 0) is 11.2 Å². The molecule has 1 unspecified atom stereocenters. The Bertz CT molecular complexity index is 540. The van der Waals surface area contributed by atoms with Gasteiger partial charge in [-0.2, -0.15) is 0 Å². The number of aromatic nitrogens is 1. The van der Waals surface area contributed by atoms with Crippen molar-refractivity contribution in [2.45, 2.75) is 32.1 Å². The lowest BCUT2D eigenvalue weighted by molar-refractivity contribution is -0.122. The molecular weight excluding hydrogens is 260 g/mol. The Labute approximate surface area is 126 Å². The maximum Gasteiger partial charge on any atom is 0.227 e. The summed E-state index contributed by atoms with van der Waals surface area (Å²) in [6.07, 6.45) is 4.41. The maximum atomic E-state index is 12.4. The van der Waals surface area contributed by atoms with Gasteiger partial charge in [-0.3, -0.25) is 9.78 Å². The van der Waals surface area contributed by atoms with Crippen molar-refractivity contribution < 1.29 is 4.79 Å². The summed E-state index contributed by atoms with van der Waals surface area (Å²) in [5.74, 6) is 0.0545. The smallest absolute Gasteiger partial charge is 0.227 e. The number of hydrogen-bond acceptors (Lipinski definition) is 2. The zero-order valence-corrected chi connectivity index (χ0v) is 12.5. The van der Waals surface area contributed by atoms with E-state index in [4.69, 9.17) is 0 Å². The van der Waals surface area contributed by atoms with E-state index in [0.717, 1.165) is 30.5 Å². The first-order valence-corrected chi connectivity index (χ1v) is 7.54. The predicted octanol–water partition coefficient (Wildman–Crippen LogP) is 3.32. The van der Waals surface area contributed by atoms with Crippen LogP contribution < -0.4 is 5.32 Å². The highest BCUT2D eigenvalue weighted by Gasteiger charge is 2.18. The van der Waals surface area contributed by atoms with E-state index < -0.39 is 0 Å². The summed E-state index contributed by atoms with van der Waals surface area (Å²) in [4.78, 5) is 16.7. The molecule has 1 atom stereocenters. The van der Waals surface area contributed by atoms with Crippen molar-refractivity contribution in [2.75, 3.05) is 6.54 Å². The molecule has 1 heterocycles. The molecule has 0 aliphatic rings. The zero-order chi connectivity index (χ0) is 14.9. The molecule has 2 rings (SSSR count). The van der Waals surface area contributed by atoms with Gasteiger partial charge in [0.15, 0.2) is 0 Å². The summed E-state index contributed by atoms with van der Waals surface area (Å²) in [6.45, 7) is 2.74. The second kappa shape index (κ2) is 8.20. The van der Waals surface area contributed by atoms with Crippen LogP contribution in [0.5, 0.6) is 0 Å². The number of carbonyl (C=O) groups is 1. The standard InChI is InChI=1S/C18H22N2O/c1-2-8-17(15-9-4-3-5-10-15)18(21)20-14-12-16-11-6-7-13-19-16/h3-7,9-11,13,17H,2,8,12,14H2,1H3,(H,20,21). The number of nitrogens with zero attached hydrogens (tertiary/aromatic N) is 1. The van der Waals surface area contributed by atoms with E-state index >= 15 is 0 Å². The van der Waals surface area contributed by atoms with Crippen molar-refractivity contribution in [3.05, 3.63) is 66.0 Å². The molecule has 110 valence electrons. The number of benzene rings is 1. The van der Waals surface area contributed by atoms with Crippen LogP contribution in [0.2, 0.25) is 0 Å². The average molecular weight is 282 g/mol. The van der Waals surface area contributed by atoms with Crippen molar-refractivity contribution in [2.24, 2.45) is 0 Å². The number of carbonyl (C=O) groups excluding carboxylic acids is 1. The van der Waals surface area contributed by atoms with Crippen LogP contribution in [0.15, 0.2) is 54.7 Å².